The zero-order valence-electron chi connectivity index (χ0n) is 16.0. The number of carbonyl (C=O) groups is 1. The molecule has 3 atom stereocenters. The van der Waals surface area contributed by atoms with Crippen molar-refractivity contribution in [3.05, 3.63) is 11.9 Å². The van der Waals surface area contributed by atoms with E-state index >= 15 is 0 Å². The molecule has 3 unspecified atom stereocenters. The van der Waals surface area contributed by atoms with Gasteiger partial charge in [0.05, 0.1) is 0 Å². The van der Waals surface area contributed by atoms with Crippen molar-refractivity contribution in [1.82, 2.24) is 0 Å². The molecule has 0 aromatic rings. The van der Waals surface area contributed by atoms with E-state index in [1.807, 2.05) is 0 Å². The zero-order chi connectivity index (χ0) is 31.4. The van der Waals surface area contributed by atoms with Crippen LogP contribution in [0.5, 0.6) is 0 Å². The number of aliphatic carboxylic acids is 1. The summed E-state index contributed by atoms with van der Waals surface area (Å²) >= 11 is 0. The van der Waals surface area contributed by atoms with E-state index < -0.39 is 72.3 Å². The lowest BCUT2D eigenvalue weighted by molar-refractivity contribution is -0.567. The number of carboxylic acid groups (broad SMARTS) is 1. The second-order valence-electron chi connectivity index (χ2n) is 6.02. The Balaban J connectivity index is 7.16. The second-order valence-corrected chi connectivity index (χ2v) is 6.02. The lowest BCUT2D eigenvalue weighted by Gasteiger charge is -2.41. The van der Waals surface area contributed by atoms with E-state index in [0.717, 1.165) is 4.74 Å². The smallest absolute Gasteiger partial charge is 0.460 e. The Bertz CT molecular complexity index is 915. The lowest BCUT2D eigenvalue weighted by Crippen LogP contribution is -2.69. The quantitative estimate of drug-likeness (QED) is 0.276. The number of hydrogen-bond acceptors (Lipinski definition) is 4. The van der Waals surface area contributed by atoms with Crippen LogP contribution in [0.4, 0.5) is 92.2 Å². The molecule has 0 saturated carbocycles. The van der Waals surface area contributed by atoms with Crippen LogP contribution in [-0.4, -0.2) is 65.5 Å². The highest BCUT2D eigenvalue weighted by Gasteiger charge is 2.86. The van der Waals surface area contributed by atoms with E-state index in [9.17, 15) is 97.0 Å². The van der Waals surface area contributed by atoms with Crippen LogP contribution in [0.15, 0.2) is 11.9 Å². The van der Waals surface area contributed by atoms with Crippen molar-refractivity contribution in [3.63, 3.8) is 0 Å². The van der Waals surface area contributed by atoms with E-state index in [2.05, 4.69) is 0 Å². The SMILES string of the molecule is O=C(O)C(F)(OC(F)(F)C(F)(OC(F)(F)C(F)(OC(F)(F)C(F)=C(F)F)C(F)(F)F)C(F)(F)F)C(F)(F)F. The van der Waals surface area contributed by atoms with Crippen LogP contribution in [-0.2, 0) is 19.0 Å². The molecule has 0 radical (unpaired) electrons. The summed E-state index contributed by atoms with van der Waals surface area (Å²) in [6, 6.07) is 0. The van der Waals surface area contributed by atoms with Gasteiger partial charge in [0.2, 0.25) is 0 Å². The Morgan fingerprint density at radius 2 is 0.816 bits per heavy atom. The molecule has 0 aliphatic rings. The van der Waals surface area contributed by atoms with Crippen LogP contribution in [0.3, 0.4) is 0 Å². The Labute approximate surface area is 190 Å². The molecule has 0 aromatic carbocycles. The van der Waals surface area contributed by atoms with Crippen molar-refractivity contribution in [2.75, 3.05) is 0 Å². The molecule has 0 fully saturated rings. The molecule has 1 N–H and O–H groups in total. The van der Waals surface area contributed by atoms with Gasteiger partial charge in [-0.05, 0) is 0 Å². The standard InChI is InChI=1S/C12HF21O5/c13-1(2(14)15)5(17,18)37-6(19,9(24,25)26)12(32,33)38-7(20,10(27,28)29)11(30,31)36-4(16,3(34)35)8(21,22)23/h(H,34,35). The zero-order valence-corrected chi connectivity index (χ0v) is 16.0. The van der Waals surface area contributed by atoms with Crippen molar-refractivity contribution >= 4 is 5.97 Å². The summed E-state index contributed by atoms with van der Waals surface area (Å²) in [5, 5.41) is 7.93. The first kappa shape index (κ1) is 35.6. The van der Waals surface area contributed by atoms with Gasteiger partial charge in [0.25, 0.3) is 5.83 Å². The predicted octanol–water partition coefficient (Wildman–Crippen LogP) is 6.66. The Morgan fingerprint density at radius 1 is 0.500 bits per heavy atom. The van der Waals surface area contributed by atoms with Gasteiger partial charge in [-0.1, -0.05) is 0 Å². The van der Waals surface area contributed by atoms with Gasteiger partial charge in [-0.15, -0.1) is 0 Å². The minimum atomic E-state index is -8.47. The number of alkyl halides is 18. The highest BCUT2D eigenvalue weighted by molar-refractivity contribution is 5.76. The molecule has 38 heavy (non-hydrogen) atoms. The van der Waals surface area contributed by atoms with Crippen molar-refractivity contribution in [3.8, 4) is 0 Å². The third-order valence-corrected chi connectivity index (χ3v) is 3.35. The largest absolute Gasteiger partial charge is 0.477 e. The van der Waals surface area contributed by atoms with Crippen molar-refractivity contribution in [1.29, 1.82) is 0 Å². The summed E-state index contributed by atoms with van der Waals surface area (Å²) in [7, 11) is 0. The highest BCUT2D eigenvalue weighted by atomic mass is 19.4. The number of halogens is 21. The van der Waals surface area contributed by atoms with Gasteiger partial charge in [-0.3, -0.25) is 14.2 Å². The molecule has 0 rings (SSSR count). The maximum Gasteiger partial charge on any atom is 0.460 e. The third kappa shape index (κ3) is 6.09. The average Bonchev–Trinajstić information content (AvgIpc) is 2.62. The molecule has 0 bridgehead atoms. The van der Waals surface area contributed by atoms with Crippen LogP contribution in [0.25, 0.3) is 0 Å². The summed E-state index contributed by atoms with van der Waals surface area (Å²) < 4.78 is 275. The van der Waals surface area contributed by atoms with Gasteiger partial charge in [-0.2, -0.15) is 92.2 Å². The van der Waals surface area contributed by atoms with Gasteiger partial charge in [0.15, 0.2) is 0 Å². The molecule has 226 valence electrons. The first-order valence-corrected chi connectivity index (χ1v) is 7.62. The number of ether oxygens (including phenoxy) is 3. The first-order valence-electron chi connectivity index (χ1n) is 7.62. The third-order valence-electron chi connectivity index (χ3n) is 3.35. The van der Waals surface area contributed by atoms with Crippen LogP contribution in [0.1, 0.15) is 0 Å². The average molecular weight is 624 g/mol. The van der Waals surface area contributed by atoms with E-state index in [0.29, 0.717) is 0 Å². The topological polar surface area (TPSA) is 65.0 Å². The molecule has 0 spiro atoms. The molecular weight excluding hydrogens is 623 g/mol. The van der Waals surface area contributed by atoms with Gasteiger partial charge >= 0.3 is 66.5 Å². The minimum Gasteiger partial charge on any atom is -0.477 e. The van der Waals surface area contributed by atoms with Gasteiger partial charge < -0.3 is 5.11 Å². The fourth-order valence-corrected chi connectivity index (χ4v) is 1.60. The molecule has 0 aliphatic heterocycles. The van der Waals surface area contributed by atoms with Crippen molar-refractivity contribution in [2.45, 2.75) is 54.4 Å². The second kappa shape index (κ2) is 9.67. The lowest BCUT2D eigenvalue weighted by atomic mass is 10.2. The number of rotatable bonds is 10. The normalized spacial score (nSPS) is 19.3. The molecular formula is C12HF21O5. The molecule has 0 saturated heterocycles. The maximum absolute atomic E-state index is 14.0. The molecule has 0 aliphatic carbocycles. The molecule has 26 heteroatoms. The minimum absolute atomic E-state index is 1.16. The summed E-state index contributed by atoms with van der Waals surface area (Å²) in [5.74, 6) is -33.1. The Kier molecular flexibility index (Phi) is 9.06. The number of hydrogen-bond donors (Lipinski definition) is 1. The molecule has 0 heterocycles. The van der Waals surface area contributed by atoms with Crippen molar-refractivity contribution < 1.29 is 116 Å². The van der Waals surface area contributed by atoms with E-state index in [-0.39, 0.29) is 0 Å². The predicted molar refractivity (Wildman–Crippen MR) is 65.8 cm³/mol. The monoisotopic (exact) mass is 624 g/mol. The summed E-state index contributed by atoms with van der Waals surface area (Å²) in [4.78, 5) is 10.2. The fourth-order valence-electron chi connectivity index (χ4n) is 1.60. The van der Waals surface area contributed by atoms with E-state index in [1.165, 1.54) is 9.47 Å². The van der Waals surface area contributed by atoms with Crippen LogP contribution in [0, 0.1) is 0 Å². The van der Waals surface area contributed by atoms with Gasteiger partial charge in [0.1, 0.15) is 0 Å². The molecule has 0 aromatic heterocycles. The molecule has 0 amide bonds. The van der Waals surface area contributed by atoms with E-state index in [4.69, 9.17) is 5.11 Å². The number of carboxylic acids is 1. The van der Waals surface area contributed by atoms with E-state index in [1.54, 1.807) is 0 Å². The summed E-state index contributed by atoms with van der Waals surface area (Å²) in [5.41, 5.74) is 0. The van der Waals surface area contributed by atoms with Crippen LogP contribution in [0.2, 0.25) is 0 Å². The highest BCUT2D eigenvalue weighted by Crippen LogP contribution is 2.57. The van der Waals surface area contributed by atoms with Crippen LogP contribution >= 0.6 is 0 Å². The summed E-state index contributed by atoms with van der Waals surface area (Å²) in [6.07, 6.45) is -52.5. The van der Waals surface area contributed by atoms with Crippen LogP contribution < -0.4 is 0 Å². The molecule has 5 nitrogen and oxygen atoms in total. The van der Waals surface area contributed by atoms with Crippen molar-refractivity contribution in [2.24, 2.45) is 0 Å². The Hall–Kier alpha value is -2.38. The first-order chi connectivity index (χ1) is 16.2. The van der Waals surface area contributed by atoms with Gasteiger partial charge in [-0.25, -0.2) is 4.79 Å². The maximum atomic E-state index is 14.0. The van der Waals surface area contributed by atoms with Gasteiger partial charge in [0, 0.05) is 0 Å². The summed E-state index contributed by atoms with van der Waals surface area (Å²) in [6.45, 7) is 0. The Morgan fingerprint density at radius 3 is 1.08 bits per heavy atom. The fraction of sp³-hybridized carbons (Fsp3) is 0.750.